The lowest BCUT2D eigenvalue weighted by Gasteiger charge is -2.21. The number of halogens is 2. The van der Waals surface area contributed by atoms with Crippen LogP contribution in [0.1, 0.15) is 28.8 Å². The molecule has 31 heavy (non-hydrogen) atoms. The fraction of sp³-hybridized carbons (Fsp3) is 0.208. The van der Waals surface area contributed by atoms with Crippen molar-refractivity contribution in [3.63, 3.8) is 0 Å². The Morgan fingerprint density at radius 2 is 2.06 bits per heavy atom. The summed E-state index contributed by atoms with van der Waals surface area (Å²) in [5.41, 5.74) is 4.60. The number of aryl methyl sites for hydroxylation is 1. The Morgan fingerprint density at radius 3 is 2.84 bits per heavy atom. The average Bonchev–Trinajstić information content (AvgIpc) is 2.75. The topological polar surface area (TPSA) is 72.3 Å². The lowest BCUT2D eigenvalue weighted by atomic mass is 9.88. The Labute approximate surface area is 176 Å². The molecule has 0 spiro atoms. The number of alkyl halides is 2. The second-order valence-electron chi connectivity index (χ2n) is 7.62. The molecule has 1 N–H and O–H groups in total. The molecule has 0 fully saturated rings. The van der Waals surface area contributed by atoms with Gasteiger partial charge in [0.25, 0.3) is 6.43 Å². The molecule has 156 valence electrons. The summed E-state index contributed by atoms with van der Waals surface area (Å²) in [6, 6.07) is 10.2. The first-order valence-corrected chi connectivity index (χ1v) is 9.91. The van der Waals surface area contributed by atoms with Crippen molar-refractivity contribution < 1.29 is 23.4 Å². The van der Waals surface area contributed by atoms with Crippen molar-refractivity contribution in [3.8, 4) is 16.9 Å². The molecule has 1 aliphatic rings. The summed E-state index contributed by atoms with van der Waals surface area (Å²) < 4.78 is 32.3. The Hall–Kier alpha value is -3.61. The zero-order valence-corrected chi connectivity index (χ0v) is 16.7. The number of aliphatic carboxylic acids is 1. The highest BCUT2D eigenvalue weighted by molar-refractivity contribution is 6.07. The smallest absolute Gasteiger partial charge is 0.307 e. The minimum atomic E-state index is -2.69. The Balaban J connectivity index is 1.89. The standard InChI is InChI=1S/C24H18F2N2O3/c1-12-10-18-14(2-4-17(28-18)24(25)26)22(16(12)11-20(29)30)15-3-5-19-21-13(7-9-31-19)6-8-27-23(15)21/h2-6,8,10,24H,7,9,11H2,1H3,(H,29,30). The second kappa shape index (κ2) is 7.27. The number of fused-ring (bicyclic) bond motifs is 1. The van der Waals surface area contributed by atoms with Crippen LogP contribution < -0.4 is 4.74 Å². The SMILES string of the molecule is Cc1cc2nc(C(F)F)ccc2c(-c2ccc3c4c(ccnc24)CCO3)c1CC(=O)O. The van der Waals surface area contributed by atoms with Crippen molar-refractivity contribution in [1.82, 2.24) is 9.97 Å². The lowest BCUT2D eigenvalue weighted by Crippen LogP contribution is -2.10. The first kappa shape index (κ1) is 19.4. The maximum Gasteiger partial charge on any atom is 0.307 e. The molecule has 2 aromatic carbocycles. The summed E-state index contributed by atoms with van der Waals surface area (Å²) in [6.45, 7) is 2.36. The molecular weight excluding hydrogens is 402 g/mol. The molecule has 0 saturated heterocycles. The number of pyridine rings is 2. The van der Waals surface area contributed by atoms with E-state index in [1.165, 1.54) is 6.07 Å². The maximum absolute atomic E-state index is 13.2. The Bertz CT molecular complexity index is 1360. The van der Waals surface area contributed by atoms with Gasteiger partial charge in [0.2, 0.25) is 0 Å². The van der Waals surface area contributed by atoms with Gasteiger partial charge in [0, 0.05) is 29.0 Å². The van der Waals surface area contributed by atoms with Crippen LogP contribution in [0.15, 0.2) is 42.6 Å². The molecule has 5 rings (SSSR count). The van der Waals surface area contributed by atoms with Crippen LogP contribution in [0.3, 0.4) is 0 Å². The van der Waals surface area contributed by atoms with Crippen molar-refractivity contribution in [1.29, 1.82) is 0 Å². The van der Waals surface area contributed by atoms with E-state index in [4.69, 9.17) is 4.74 Å². The first-order chi connectivity index (χ1) is 14.9. The zero-order chi connectivity index (χ0) is 21.7. The summed E-state index contributed by atoms with van der Waals surface area (Å²) >= 11 is 0. The number of aromatic nitrogens is 2. The van der Waals surface area contributed by atoms with Crippen LogP contribution in [0.4, 0.5) is 8.78 Å². The van der Waals surface area contributed by atoms with E-state index in [1.807, 2.05) is 18.2 Å². The third kappa shape index (κ3) is 3.17. The molecule has 0 bridgehead atoms. The number of carbonyl (C=O) groups is 1. The summed E-state index contributed by atoms with van der Waals surface area (Å²) in [7, 11) is 0. The van der Waals surface area contributed by atoms with Crippen LogP contribution in [0, 0.1) is 6.92 Å². The van der Waals surface area contributed by atoms with E-state index in [-0.39, 0.29) is 12.1 Å². The van der Waals surface area contributed by atoms with Crippen molar-refractivity contribution in [2.75, 3.05) is 6.61 Å². The van der Waals surface area contributed by atoms with E-state index in [9.17, 15) is 18.7 Å². The van der Waals surface area contributed by atoms with E-state index >= 15 is 0 Å². The van der Waals surface area contributed by atoms with Gasteiger partial charge in [-0.3, -0.25) is 9.78 Å². The van der Waals surface area contributed by atoms with Gasteiger partial charge < -0.3 is 9.84 Å². The van der Waals surface area contributed by atoms with Crippen molar-refractivity contribution in [2.45, 2.75) is 26.2 Å². The van der Waals surface area contributed by atoms with Crippen molar-refractivity contribution in [2.24, 2.45) is 0 Å². The molecule has 0 radical (unpaired) electrons. The predicted octanol–water partition coefficient (Wildman–Crippen LogP) is 5.26. The Morgan fingerprint density at radius 1 is 1.23 bits per heavy atom. The monoisotopic (exact) mass is 420 g/mol. The fourth-order valence-corrected chi connectivity index (χ4v) is 4.38. The van der Waals surface area contributed by atoms with Gasteiger partial charge in [-0.05, 0) is 59.5 Å². The third-order valence-corrected chi connectivity index (χ3v) is 5.74. The van der Waals surface area contributed by atoms with Crippen LogP contribution >= 0.6 is 0 Å². The highest BCUT2D eigenvalue weighted by atomic mass is 19.3. The molecule has 0 unspecified atom stereocenters. The summed E-state index contributed by atoms with van der Waals surface area (Å²) in [5.74, 6) is -0.233. The van der Waals surface area contributed by atoms with E-state index in [0.29, 0.717) is 39.7 Å². The number of rotatable bonds is 4. The second-order valence-corrected chi connectivity index (χ2v) is 7.62. The highest BCUT2D eigenvalue weighted by Gasteiger charge is 2.23. The first-order valence-electron chi connectivity index (χ1n) is 9.91. The van der Waals surface area contributed by atoms with Gasteiger partial charge in [0.15, 0.2) is 0 Å². The molecule has 0 saturated carbocycles. The van der Waals surface area contributed by atoms with Crippen LogP contribution in [-0.2, 0) is 17.6 Å². The molecule has 1 aliphatic heterocycles. The molecule has 2 aromatic heterocycles. The molecule has 0 amide bonds. The molecule has 0 aliphatic carbocycles. The minimum absolute atomic E-state index is 0.201. The van der Waals surface area contributed by atoms with Gasteiger partial charge in [-0.2, -0.15) is 0 Å². The Kier molecular flexibility index (Phi) is 4.54. The summed E-state index contributed by atoms with van der Waals surface area (Å²) in [5, 5.41) is 11.1. The molecule has 4 aromatic rings. The number of hydrogen-bond acceptors (Lipinski definition) is 4. The molecule has 0 atom stereocenters. The largest absolute Gasteiger partial charge is 0.493 e. The van der Waals surface area contributed by atoms with E-state index in [1.54, 1.807) is 25.3 Å². The lowest BCUT2D eigenvalue weighted by molar-refractivity contribution is -0.136. The molecule has 5 nitrogen and oxygen atoms in total. The van der Waals surface area contributed by atoms with E-state index in [0.717, 1.165) is 28.7 Å². The highest BCUT2D eigenvalue weighted by Crippen LogP contribution is 2.42. The van der Waals surface area contributed by atoms with Crippen LogP contribution in [0.25, 0.3) is 32.9 Å². The minimum Gasteiger partial charge on any atom is -0.493 e. The van der Waals surface area contributed by atoms with Gasteiger partial charge in [0.1, 0.15) is 11.4 Å². The average molecular weight is 420 g/mol. The van der Waals surface area contributed by atoms with E-state index < -0.39 is 12.4 Å². The molecular formula is C24H18F2N2O3. The van der Waals surface area contributed by atoms with Gasteiger partial charge >= 0.3 is 5.97 Å². The van der Waals surface area contributed by atoms with Gasteiger partial charge in [-0.25, -0.2) is 13.8 Å². The third-order valence-electron chi connectivity index (χ3n) is 5.74. The van der Waals surface area contributed by atoms with Crippen LogP contribution in [0.2, 0.25) is 0 Å². The molecule has 7 heteroatoms. The van der Waals surface area contributed by atoms with Gasteiger partial charge in [-0.1, -0.05) is 6.07 Å². The molecule has 3 heterocycles. The summed E-state index contributed by atoms with van der Waals surface area (Å²) in [4.78, 5) is 20.4. The number of carboxylic acids is 1. The number of hydrogen-bond donors (Lipinski definition) is 1. The quantitative estimate of drug-likeness (QED) is 0.488. The zero-order valence-electron chi connectivity index (χ0n) is 16.7. The fourth-order valence-electron chi connectivity index (χ4n) is 4.38. The summed E-state index contributed by atoms with van der Waals surface area (Å²) in [6.07, 6.45) is -0.400. The van der Waals surface area contributed by atoms with Crippen molar-refractivity contribution >= 4 is 27.8 Å². The number of carboxylic acid groups (broad SMARTS) is 1. The predicted molar refractivity (Wildman–Crippen MR) is 113 cm³/mol. The van der Waals surface area contributed by atoms with Gasteiger partial charge in [0.05, 0.1) is 24.1 Å². The van der Waals surface area contributed by atoms with Crippen LogP contribution in [0.5, 0.6) is 5.75 Å². The number of ether oxygens (including phenoxy) is 1. The maximum atomic E-state index is 13.2. The normalized spacial score (nSPS) is 13.0. The number of nitrogens with zero attached hydrogens (tertiary/aromatic N) is 2. The van der Waals surface area contributed by atoms with Crippen molar-refractivity contribution in [3.05, 3.63) is 65.0 Å². The van der Waals surface area contributed by atoms with Gasteiger partial charge in [-0.15, -0.1) is 0 Å². The van der Waals surface area contributed by atoms with Crippen LogP contribution in [-0.4, -0.2) is 27.7 Å². The van der Waals surface area contributed by atoms with E-state index in [2.05, 4.69) is 9.97 Å². The number of benzene rings is 2.